The molecule has 0 aromatic heterocycles. The van der Waals surface area contributed by atoms with E-state index >= 15 is 0 Å². The summed E-state index contributed by atoms with van der Waals surface area (Å²) in [4.78, 5) is 11.0. The maximum Gasteiger partial charge on any atom is 0.150 e. The summed E-state index contributed by atoms with van der Waals surface area (Å²) in [7, 11) is 0. The molecule has 6 heteroatoms. The molecule has 0 amide bonds. The van der Waals surface area contributed by atoms with Crippen molar-refractivity contribution in [2.45, 2.75) is 0 Å². The zero-order chi connectivity index (χ0) is 14.2. The first-order valence-corrected chi connectivity index (χ1v) is 6.55. The molecular weight excluding hydrogens is 333 g/mol. The molecule has 0 fully saturated rings. The predicted molar refractivity (Wildman–Crippen MR) is 77.3 cm³/mol. The van der Waals surface area contributed by atoms with Crippen LogP contribution in [0.4, 0.5) is 4.39 Å². The largest absolute Gasteiger partial charge is 0.298 e. The summed E-state index contributed by atoms with van der Waals surface area (Å²) in [6.07, 6.45) is 0.587. The quantitative estimate of drug-likeness (QED) is 0.377. The lowest BCUT2D eigenvalue weighted by Crippen LogP contribution is -1.92. The van der Waals surface area contributed by atoms with E-state index < -0.39 is 5.82 Å². The molecular formula is C13H5Cl4FO. The highest BCUT2D eigenvalue weighted by molar-refractivity contribution is 6.51. The van der Waals surface area contributed by atoms with Gasteiger partial charge in [0, 0.05) is 11.1 Å². The molecule has 0 bridgehead atoms. The highest BCUT2D eigenvalue weighted by Gasteiger charge is 2.18. The second-order valence-corrected chi connectivity index (χ2v) is 5.26. The Balaban J connectivity index is 2.82. The first kappa shape index (κ1) is 14.6. The minimum absolute atomic E-state index is 0.0767. The zero-order valence-corrected chi connectivity index (χ0v) is 12.2. The van der Waals surface area contributed by atoms with Crippen LogP contribution in [0.5, 0.6) is 0 Å². The molecule has 0 saturated heterocycles. The van der Waals surface area contributed by atoms with Gasteiger partial charge in [-0.25, -0.2) is 4.39 Å². The Labute approximate surface area is 128 Å². The van der Waals surface area contributed by atoms with Crippen LogP contribution in [-0.2, 0) is 0 Å². The molecule has 1 nitrogen and oxygen atoms in total. The maximum atomic E-state index is 13.4. The van der Waals surface area contributed by atoms with Crippen LogP contribution in [0.3, 0.4) is 0 Å². The SMILES string of the molecule is O=Cc1ccc(F)cc1-c1c(Cl)cc(Cl)c(Cl)c1Cl. The third kappa shape index (κ3) is 2.72. The molecule has 0 atom stereocenters. The molecule has 2 aromatic rings. The van der Waals surface area contributed by atoms with Crippen molar-refractivity contribution in [1.82, 2.24) is 0 Å². The van der Waals surface area contributed by atoms with E-state index in [9.17, 15) is 9.18 Å². The monoisotopic (exact) mass is 336 g/mol. The van der Waals surface area contributed by atoms with Gasteiger partial charge in [-0.2, -0.15) is 0 Å². The van der Waals surface area contributed by atoms with E-state index in [-0.39, 0.29) is 36.8 Å². The van der Waals surface area contributed by atoms with E-state index in [1.807, 2.05) is 0 Å². The van der Waals surface area contributed by atoms with E-state index in [2.05, 4.69) is 0 Å². The lowest BCUT2D eigenvalue weighted by atomic mass is 10.00. The van der Waals surface area contributed by atoms with Crippen LogP contribution in [0.25, 0.3) is 11.1 Å². The van der Waals surface area contributed by atoms with E-state index in [0.29, 0.717) is 6.29 Å². The molecule has 0 spiro atoms. The first-order chi connectivity index (χ1) is 8.95. The van der Waals surface area contributed by atoms with Gasteiger partial charge < -0.3 is 0 Å². The first-order valence-electron chi connectivity index (χ1n) is 5.03. The predicted octanol–water partition coefficient (Wildman–Crippen LogP) is 5.92. The van der Waals surface area contributed by atoms with Crippen molar-refractivity contribution in [3.63, 3.8) is 0 Å². The fraction of sp³-hybridized carbons (Fsp3) is 0. The van der Waals surface area contributed by atoms with Crippen molar-refractivity contribution in [2.24, 2.45) is 0 Å². The van der Waals surface area contributed by atoms with Crippen LogP contribution in [0.15, 0.2) is 24.3 Å². The lowest BCUT2D eigenvalue weighted by Gasteiger charge is -2.12. The third-order valence-corrected chi connectivity index (χ3v) is 4.09. The average molecular weight is 338 g/mol. The smallest absolute Gasteiger partial charge is 0.150 e. The number of halogens is 5. The van der Waals surface area contributed by atoms with Gasteiger partial charge in [0.1, 0.15) is 5.82 Å². The van der Waals surface area contributed by atoms with Crippen molar-refractivity contribution in [3.8, 4) is 11.1 Å². The van der Waals surface area contributed by atoms with Crippen LogP contribution in [0.1, 0.15) is 10.4 Å². The van der Waals surface area contributed by atoms with Gasteiger partial charge in [0.25, 0.3) is 0 Å². The minimum atomic E-state index is -0.515. The normalized spacial score (nSPS) is 10.6. The van der Waals surface area contributed by atoms with Crippen molar-refractivity contribution >= 4 is 52.7 Å². The van der Waals surface area contributed by atoms with Gasteiger partial charge in [-0.1, -0.05) is 46.4 Å². The van der Waals surface area contributed by atoms with Gasteiger partial charge in [0.15, 0.2) is 6.29 Å². The molecule has 98 valence electrons. The van der Waals surface area contributed by atoms with Crippen LogP contribution in [-0.4, -0.2) is 6.29 Å². The molecule has 19 heavy (non-hydrogen) atoms. The van der Waals surface area contributed by atoms with E-state index in [4.69, 9.17) is 46.4 Å². The standard InChI is InChI=1S/C13H5Cl4FO/c14-9-4-10(15)12(16)13(17)11(9)8-3-7(18)2-1-6(8)5-19/h1-5H. The summed E-state index contributed by atoms with van der Waals surface area (Å²) >= 11 is 23.9. The van der Waals surface area contributed by atoms with Crippen molar-refractivity contribution in [2.75, 3.05) is 0 Å². The van der Waals surface area contributed by atoms with Crippen LogP contribution >= 0.6 is 46.4 Å². The highest BCUT2D eigenvalue weighted by atomic mass is 35.5. The fourth-order valence-corrected chi connectivity index (χ4v) is 2.78. The van der Waals surface area contributed by atoms with Gasteiger partial charge in [0.05, 0.1) is 20.1 Å². The summed E-state index contributed by atoms with van der Waals surface area (Å²) in [6.45, 7) is 0. The Kier molecular flexibility index (Phi) is 4.36. The molecule has 0 heterocycles. The molecule has 0 aliphatic rings. The van der Waals surface area contributed by atoms with Crippen LogP contribution in [0, 0.1) is 5.82 Å². The van der Waals surface area contributed by atoms with Gasteiger partial charge >= 0.3 is 0 Å². The number of hydrogen-bond donors (Lipinski definition) is 0. The molecule has 0 unspecified atom stereocenters. The summed E-state index contributed by atoms with van der Waals surface area (Å²) in [5.41, 5.74) is 0.798. The maximum absolute atomic E-state index is 13.4. The Morgan fingerprint density at radius 3 is 2.26 bits per heavy atom. The fourth-order valence-electron chi connectivity index (χ4n) is 1.66. The second kappa shape index (κ2) is 5.68. The molecule has 0 aliphatic carbocycles. The second-order valence-electron chi connectivity index (χ2n) is 3.69. The van der Waals surface area contributed by atoms with E-state index in [0.717, 1.165) is 0 Å². The van der Waals surface area contributed by atoms with Gasteiger partial charge in [-0.15, -0.1) is 0 Å². The Bertz CT molecular complexity index is 670. The van der Waals surface area contributed by atoms with Gasteiger partial charge in [-0.3, -0.25) is 4.79 Å². The summed E-state index contributed by atoms with van der Waals surface area (Å²) in [5.74, 6) is -0.515. The van der Waals surface area contributed by atoms with Crippen molar-refractivity contribution in [3.05, 3.63) is 55.7 Å². The molecule has 0 saturated carbocycles. The Morgan fingerprint density at radius 1 is 0.947 bits per heavy atom. The van der Waals surface area contributed by atoms with Crippen molar-refractivity contribution in [1.29, 1.82) is 0 Å². The van der Waals surface area contributed by atoms with Crippen LogP contribution in [0.2, 0.25) is 20.1 Å². The number of aldehydes is 1. The topological polar surface area (TPSA) is 17.1 Å². The van der Waals surface area contributed by atoms with Crippen molar-refractivity contribution < 1.29 is 9.18 Å². The third-order valence-electron chi connectivity index (χ3n) is 2.53. The average Bonchev–Trinajstić information content (AvgIpc) is 2.36. The summed E-state index contributed by atoms with van der Waals surface area (Å²) in [5, 5.41) is 0.550. The van der Waals surface area contributed by atoms with E-state index in [1.54, 1.807) is 0 Å². The molecule has 2 aromatic carbocycles. The lowest BCUT2D eigenvalue weighted by molar-refractivity contribution is 0.112. The number of carbonyl (C=O) groups excluding carboxylic acids is 1. The summed E-state index contributed by atoms with van der Waals surface area (Å²) in [6, 6.07) is 5.08. The van der Waals surface area contributed by atoms with Gasteiger partial charge in [-0.05, 0) is 29.8 Å². The van der Waals surface area contributed by atoms with E-state index in [1.165, 1.54) is 24.3 Å². The number of carbonyl (C=O) groups is 1. The Morgan fingerprint density at radius 2 is 1.63 bits per heavy atom. The number of rotatable bonds is 2. The minimum Gasteiger partial charge on any atom is -0.298 e. The summed E-state index contributed by atoms with van der Waals surface area (Å²) < 4.78 is 13.4. The van der Waals surface area contributed by atoms with Crippen LogP contribution < -0.4 is 0 Å². The molecule has 0 radical (unpaired) electrons. The molecule has 2 rings (SSSR count). The Hall–Kier alpha value is -0.800. The molecule has 0 N–H and O–H groups in total. The number of benzene rings is 2. The molecule has 0 aliphatic heterocycles. The number of hydrogen-bond acceptors (Lipinski definition) is 1. The van der Waals surface area contributed by atoms with Gasteiger partial charge in [0.2, 0.25) is 0 Å². The highest BCUT2D eigenvalue weighted by Crippen LogP contribution is 2.43. The zero-order valence-electron chi connectivity index (χ0n) is 9.18.